The van der Waals surface area contributed by atoms with Gasteiger partial charge in [-0.2, -0.15) is 13.2 Å². The lowest BCUT2D eigenvalue weighted by atomic mass is 10.0. The predicted molar refractivity (Wildman–Crippen MR) is 81.1 cm³/mol. The molecule has 124 valence electrons. The summed E-state index contributed by atoms with van der Waals surface area (Å²) in [5.41, 5.74) is 0.282. The van der Waals surface area contributed by atoms with Crippen molar-refractivity contribution in [2.45, 2.75) is 31.6 Å². The first kappa shape index (κ1) is 16.1. The summed E-state index contributed by atoms with van der Waals surface area (Å²) in [6.45, 7) is 2.66. The Balaban J connectivity index is 1.52. The zero-order chi connectivity index (χ0) is 16.3. The fourth-order valence-electron chi connectivity index (χ4n) is 2.60. The van der Waals surface area contributed by atoms with Crippen LogP contribution in [0.25, 0.3) is 0 Å². The Kier molecular flexibility index (Phi) is 4.76. The molecule has 3 rings (SSSR count). The van der Waals surface area contributed by atoms with Gasteiger partial charge >= 0.3 is 6.18 Å². The van der Waals surface area contributed by atoms with E-state index in [9.17, 15) is 13.2 Å². The van der Waals surface area contributed by atoms with Crippen molar-refractivity contribution in [1.29, 1.82) is 0 Å². The number of piperidine rings is 1. The number of anilines is 1. The Morgan fingerprint density at radius 2 is 2.04 bits per heavy atom. The Morgan fingerprint density at radius 1 is 1.26 bits per heavy atom. The van der Waals surface area contributed by atoms with Crippen LogP contribution in [0.4, 0.5) is 19.0 Å². The monoisotopic (exact) mass is 343 g/mol. The van der Waals surface area contributed by atoms with Gasteiger partial charge in [-0.25, -0.2) is 14.3 Å². The molecule has 1 aliphatic heterocycles. The molecule has 0 bridgehead atoms. The third kappa shape index (κ3) is 4.38. The summed E-state index contributed by atoms with van der Waals surface area (Å²) in [5, 5.41) is 5.12. The highest BCUT2D eigenvalue weighted by Gasteiger charge is 2.33. The molecule has 0 unspecified atom stereocenters. The van der Waals surface area contributed by atoms with E-state index in [0.717, 1.165) is 44.9 Å². The maximum Gasteiger partial charge on any atom is 0.433 e. The van der Waals surface area contributed by atoms with Crippen molar-refractivity contribution in [2.75, 3.05) is 18.4 Å². The van der Waals surface area contributed by atoms with E-state index in [0.29, 0.717) is 0 Å². The number of hydrogen-bond donors (Lipinski definition) is 1. The Bertz CT molecular complexity index is 624. The SMILES string of the molecule is FC(F)(F)c1cc(NC2CCN(Cc3cnsc3)CC2)ncn1. The summed E-state index contributed by atoms with van der Waals surface area (Å²) in [6.07, 6.45) is 0.0988. The molecule has 0 atom stereocenters. The zero-order valence-corrected chi connectivity index (χ0v) is 13.1. The number of rotatable bonds is 4. The number of alkyl halides is 3. The van der Waals surface area contributed by atoms with E-state index < -0.39 is 11.9 Å². The van der Waals surface area contributed by atoms with Crippen molar-refractivity contribution in [3.05, 3.63) is 35.2 Å². The average molecular weight is 343 g/mol. The van der Waals surface area contributed by atoms with Gasteiger partial charge in [0, 0.05) is 43.3 Å². The van der Waals surface area contributed by atoms with Crippen LogP contribution in [0.5, 0.6) is 0 Å². The van der Waals surface area contributed by atoms with Crippen molar-refractivity contribution in [3.8, 4) is 0 Å². The summed E-state index contributed by atoms with van der Waals surface area (Å²) >= 11 is 1.44. The van der Waals surface area contributed by atoms with E-state index in [1.54, 1.807) is 0 Å². The predicted octanol–water partition coefficient (Wildman–Crippen LogP) is 3.03. The van der Waals surface area contributed by atoms with Crippen molar-refractivity contribution < 1.29 is 13.2 Å². The molecule has 23 heavy (non-hydrogen) atoms. The molecule has 0 aromatic carbocycles. The fourth-order valence-corrected chi connectivity index (χ4v) is 3.13. The lowest BCUT2D eigenvalue weighted by Crippen LogP contribution is -2.38. The smallest absolute Gasteiger partial charge is 0.367 e. The average Bonchev–Trinajstić information content (AvgIpc) is 3.02. The van der Waals surface area contributed by atoms with Gasteiger partial charge in [-0.05, 0) is 29.9 Å². The number of likely N-dealkylation sites (tertiary alicyclic amines) is 1. The molecular formula is C14H16F3N5S. The molecule has 0 amide bonds. The van der Waals surface area contributed by atoms with Crippen LogP contribution in [0.2, 0.25) is 0 Å². The molecule has 1 N–H and O–H groups in total. The molecule has 2 aromatic heterocycles. The number of nitrogens with one attached hydrogen (secondary N) is 1. The molecule has 9 heteroatoms. The van der Waals surface area contributed by atoms with Gasteiger partial charge in [-0.15, -0.1) is 0 Å². The second kappa shape index (κ2) is 6.79. The molecule has 1 saturated heterocycles. The van der Waals surface area contributed by atoms with Crippen LogP contribution in [0.3, 0.4) is 0 Å². The third-order valence-corrected chi connectivity index (χ3v) is 4.42. The van der Waals surface area contributed by atoms with Gasteiger partial charge in [0.25, 0.3) is 0 Å². The molecule has 0 saturated carbocycles. The molecule has 1 aliphatic rings. The van der Waals surface area contributed by atoms with Crippen LogP contribution < -0.4 is 5.32 Å². The van der Waals surface area contributed by atoms with Gasteiger partial charge in [0.05, 0.1) is 0 Å². The second-order valence-corrected chi connectivity index (χ2v) is 6.17. The number of halogens is 3. The maximum atomic E-state index is 12.6. The minimum Gasteiger partial charge on any atom is -0.367 e. The highest BCUT2D eigenvalue weighted by molar-refractivity contribution is 7.03. The highest BCUT2D eigenvalue weighted by atomic mass is 32.1. The lowest BCUT2D eigenvalue weighted by molar-refractivity contribution is -0.141. The van der Waals surface area contributed by atoms with Gasteiger partial charge < -0.3 is 5.32 Å². The van der Waals surface area contributed by atoms with E-state index in [1.807, 2.05) is 11.6 Å². The molecule has 0 radical (unpaired) electrons. The van der Waals surface area contributed by atoms with Crippen LogP contribution in [-0.4, -0.2) is 38.4 Å². The minimum atomic E-state index is -4.45. The Hall–Kier alpha value is -1.74. The molecular weight excluding hydrogens is 327 g/mol. The molecule has 2 aromatic rings. The standard InChI is InChI=1S/C14H16F3N5S/c15-14(16,17)12-5-13(19-9-18-12)21-11-1-3-22(4-2-11)7-10-6-20-23-8-10/h5-6,8-9,11H,1-4,7H2,(H,18,19,21). The number of aromatic nitrogens is 3. The topological polar surface area (TPSA) is 53.9 Å². The van der Waals surface area contributed by atoms with Crippen LogP contribution in [0.15, 0.2) is 24.0 Å². The van der Waals surface area contributed by atoms with Crippen LogP contribution in [0.1, 0.15) is 24.1 Å². The quantitative estimate of drug-likeness (QED) is 0.925. The Morgan fingerprint density at radius 3 is 2.70 bits per heavy atom. The van der Waals surface area contributed by atoms with Gasteiger partial charge in [0.1, 0.15) is 17.8 Å². The van der Waals surface area contributed by atoms with E-state index in [4.69, 9.17) is 0 Å². The van der Waals surface area contributed by atoms with E-state index in [2.05, 4.69) is 24.6 Å². The van der Waals surface area contributed by atoms with Crippen molar-refractivity contribution in [2.24, 2.45) is 0 Å². The summed E-state index contributed by atoms with van der Waals surface area (Å²) in [6, 6.07) is 1.09. The van der Waals surface area contributed by atoms with E-state index in [-0.39, 0.29) is 11.9 Å². The number of nitrogens with zero attached hydrogens (tertiary/aromatic N) is 4. The molecule has 0 spiro atoms. The van der Waals surface area contributed by atoms with Gasteiger partial charge in [-0.3, -0.25) is 4.90 Å². The lowest BCUT2D eigenvalue weighted by Gasteiger charge is -2.32. The molecule has 0 aliphatic carbocycles. The summed E-state index contributed by atoms with van der Waals surface area (Å²) in [7, 11) is 0. The molecule has 3 heterocycles. The van der Waals surface area contributed by atoms with Crippen LogP contribution in [0, 0.1) is 0 Å². The number of hydrogen-bond acceptors (Lipinski definition) is 6. The third-order valence-electron chi connectivity index (χ3n) is 3.79. The summed E-state index contributed by atoms with van der Waals surface area (Å²) < 4.78 is 42.0. The highest BCUT2D eigenvalue weighted by Crippen LogP contribution is 2.28. The maximum absolute atomic E-state index is 12.6. The largest absolute Gasteiger partial charge is 0.433 e. The van der Waals surface area contributed by atoms with E-state index >= 15 is 0 Å². The van der Waals surface area contributed by atoms with Crippen molar-refractivity contribution >= 4 is 17.4 Å². The molecule has 5 nitrogen and oxygen atoms in total. The summed E-state index contributed by atoms with van der Waals surface area (Å²) in [5.74, 6) is 0.229. The first-order valence-electron chi connectivity index (χ1n) is 7.27. The fraction of sp³-hybridized carbons (Fsp3) is 0.500. The Labute approximate surface area is 135 Å². The van der Waals surface area contributed by atoms with Gasteiger partial charge in [-0.1, -0.05) is 0 Å². The van der Waals surface area contributed by atoms with Crippen LogP contribution >= 0.6 is 11.5 Å². The van der Waals surface area contributed by atoms with Crippen molar-refractivity contribution in [1.82, 2.24) is 19.2 Å². The first-order valence-corrected chi connectivity index (χ1v) is 8.11. The minimum absolute atomic E-state index is 0.128. The first-order chi connectivity index (χ1) is 11.0. The molecule has 1 fully saturated rings. The van der Waals surface area contributed by atoms with Crippen molar-refractivity contribution in [3.63, 3.8) is 0 Å². The second-order valence-electron chi connectivity index (χ2n) is 5.51. The van der Waals surface area contributed by atoms with Gasteiger partial charge in [0.15, 0.2) is 0 Å². The van der Waals surface area contributed by atoms with Crippen LogP contribution in [-0.2, 0) is 12.7 Å². The zero-order valence-electron chi connectivity index (χ0n) is 12.3. The summed E-state index contributed by atoms with van der Waals surface area (Å²) in [4.78, 5) is 9.47. The van der Waals surface area contributed by atoms with Gasteiger partial charge in [0.2, 0.25) is 0 Å². The normalized spacial score (nSPS) is 17.3. The van der Waals surface area contributed by atoms with E-state index in [1.165, 1.54) is 17.1 Å².